The third-order valence-corrected chi connectivity index (χ3v) is 5.26. The molecule has 142 valence electrons. The Kier molecular flexibility index (Phi) is 5.64. The highest BCUT2D eigenvalue weighted by atomic mass is 16.5. The Morgan fingerprint density at radius 1 is 1.07 bits per heavy atom. The highest BCUT2D eigenvalue weighted by Crippen LogP contribution is 2.39. The summed E-state index contributed by atoms with van der Waals surface area (Å²) in [7, 11) is 1.57. The van der Waals surface area contributed by atoms with Gasteiger partial charge in [0.2, 0.25) is 5.91 Å². The van der Waals surface area contributed by atoms with Gasteiger partial charge in [0.1, 0.15) is 5.75 Å². The molecular formula is C21H24N2O4. The van der Waals surface area contributed by atoms with Crippen molar-refractivity contribution in [3.05, 3.63) is 60.2 Å². The molecule has 1 saturated heterocycles. The fraction of sp³-hybridized carbons (Fsp3) is 0.333. The van der Waals surface area contributed by atoms with E-state index in [1.54, 1.807) is 19.2 Å². The van der Waals surface area contributed by atoms with E-state index >= 15 is 0 Å². The zero-order chi connectivity index (χ0) is 19.3. The second-order valence-corrected chi connectivity index (χ2v) is 6.84. The van der Waals surface area contributed by atoms with E-state index in [0.29, 0.717) is 43.8 Å². The van der Waals surface area contributed by atoms with Gasteiger partial charge in [-0.1, -0.05) is 42.5 Å². The van der Waals surface area contributed by atoms with Crippen molar-refractivity contribution < 1.29 is 19.4 Å². The quantitative estimate of drug-likeness (QED) is 0.843. The van der Waals surface area contributed by atoms with Gasteiger partial charge in [0.25, 0.3) is 0 Å². The lowest BCUT2D eigenvalue weighted by Gasteiger charge is -2.41. The van der Waals surface area contributed by atoms with E-state index in [-0.39, 0.29) is 11.3 Å². The van der Waals surface area contributed by atoms with Gasteiger partial charge < -0.3 is 20.1 Å². The summed E-state index contributed by atoms with van der Waals surface area (Å²) in [5.41, 5.74) is 1.33. The first-order valence-electron chi connectivity index (χ1n) is 9.00. The number of benzene rings is 2. The smallest absolute Gasteiger partial charge is 0.407 e. The number of piperidine rings is 1. The molecule has 0 unspecified atom stereocenters. The highest BCUT2D eigenvalue weighted by molar-refractivity contribution is 5.93. The number of hydrogen-bond donors (Lipinski definition) is 2. The van der Waals surface area contributed by atoms with Crippen LogP contribution in [0.2, 0.25) is 0 Å². The number of nitrogens with one attached hydrogen (secondary N) is 1. The Labute approximate surface area is 158 Å². The molecule has 0 spiro atoms. The Morgan fingerprint density at radius 3 is 2.33 bits per heavy atom. The van der Waals surface area contributed by atoms with Crippen LogP contribution in [0.1, 0.15) is 24.8 Å². The summed E-state index contributed by atoms with van der Waals surface area (Å²) in [6.45, 7) is 0.846. The molecule has 6 nitrogen and oxygen atoms in total. The second-order valence-electron chi connectivity index (χ2n) is 6.84. The first kappa shape index (κ1) is 18.8. The van der Waals surface area contributed by atoms with Crippen molar-refractivity contribution in [1.82, 2.24) is 4.90 Å². The number of ether oxygens (including phenoxy) is 1. The summed E-state index contributed by atoms with van der Waals surface area (Å²) in [5.74, 6) is 0.507. The Hall–Kier alpha value is -3.02. The molecule has 2 amide bonds. The minimum atomic E-state index is -0.907. The molecule has 0 saturated carbocycles. The van der Waals surface area contributed by atoms with Gasteiger partial charge in [0.15, 0.2) is 0 Å². The number of para-hydroxylation sites is 2. The Balaban J connectivity index is 1.80. The van der Waals surface area contributed by atoms with Crippen molar-refractivity contribution in [3.63, 3.8) is 0 Å². The number of likely N-dealkylation sites (tertiary alicyclic amines) is 1. The van der Waals surface area contributed by atoms with Gasteiger partial charge in [-0.05, 0) is 30.5 Å². The van der Waals surface area contributed by atoms with Crippen molar-refractivity contribution >= 4 is 17.7 Å². The molecule has 3 rings (SSSR count). The number of rotatable bonds is 5. The minimum absolute atomic E-state index is 0.105. The molecule has 1 fully saturated rings. The van der Waals surface area contributed by atoms with Gasteiger partial charge in [-0.15, -0.1) is 0 Å². The maximum Gasteiger partial charge on any atom is 0.407 e. The summed E-state index contributed by atoms with van der Waals surface area (Å²) in [5, 5.41) is 12.2. The van der Waals surface area contributed by atoms with Gasteiger partial charge in [-0.2, -0.15) is 0 Å². The molecular weight excluding hydrogens is 344 g/mol. The van der Waals surface area contributed by atoms with Gasteiger partial charge in [0.05, 0.1) is 12.8 Å². The third kappa shape index (κ3) is 4.22. The topological polar surface area (TPSA) is 78.9 Å². The van der Waals surface area contributed by atoms with Crippen LogP contribution in [0.4, 0.5) is 10.5 Å². The van der Waals surface area contributed by atoms with E-state index in [1.165, 1.54) is 4.90 Å². The normalized spacial score (nSPS) is 15.8. The van der Waals surface area contributed by atoms with Crippen molar-refractivity contribution in [2.45, 2.75) is 24.7 Å². The Morgan fingerprint density at radius 2 is 1.70 bits per heavy atom. The van der Waals surface area contributed by atoms with Gasteiger partial charge in [-0.3, -0.25) is 4.79 Å². The number of carboxylic acid groups (broad SMARTS) is 1. The SMILES string of the molecule is COc1ccccc1NC(=O)CC1(c2ccccc2)CCN(C(=O)O)CC1. The molecule has 27 heavy (non-hydrogen) atoms. The van der Waals surface area contributed by atoms with Crippen LogP contribution in [0, 0.1) is 0 Å². The number of methoxy groups -OCH3 is 1. The van der Waals surface area contributed by atoms with Crippen molar-refractivity contribution in [1.29, 1.82) is 0 Å². The van der Waals surface area contributed by atoms with Gasteiger partial charge in [0, 0.05) is 24.9 Å². The molecule has 0 aliphatic carbocycles. The van der Waals surface area contributed by atoms with Crippen LogP contribution in [-0.4, -0.2) is 42.2 Å². The van der Waals surface area contributed by atoms with Crippen LogP contribution in [0.25, 0.3) is 0 Å². The van der Waals surface area contributed by atoms with Crippen molar-refractivity contribution in [2.75, 3.05) is 25.5 Å². The fourth-order valence-corrected chi connectivity index (χ4v) is 3.73. The number of hydrogen-bond acceptors (Lipinski definition) is 3. The van der Waals surface area contributed by atoms with Crippen LogP contribution in [0.3, 0.4) is 0 Å². The summed E-state index contributed by atoms with van der Waals surface area (Å²) in [6.07, 6.45) is 0.614. The van der Waals surface area contributed by atoms with E-state index in [4.69, 9.17) is 4.74 Å². The zero-order valence-electron chi connectivity index (χ0n) is 15.4. The van der Waals surface area contributed by atoms with Crippen molar-refractivity contribution in [2.24, 2.45) is 0 Å². The molecule has 6 heteroatoms. The summed E-state index contributed by atoms with van der Waals surface area (Å²) >= 11 is 0. The minimum Gasteiger partial charge on any atom is -0.495 e. The standard InChI is InChI=1S/C21H24N2O4/c1-27-18-10-6-5-9-17(18)22-19(24)15-21(16-7-3-2-4-8-16)11-13-23(14-12-21)20(25)26/h2-10H,11-15H2,1H3,(H,22,24)(H,25,26). The molecule has 2 aromatic rings. The largest absolute Gasteiger partial charge is 0.495 e. The first-order chi connectivity index (χ1) is 13.0. The van der Waals surface area contributed by atoms with E-state index < -0.39 is 6.09 Å². The van der Waals surface area contributed by atoms with Crippen LogP contribution < -0.4 is 10.1 Å². The molecule has 0 atom stereocenters. The molecule has 0 aromatic heterocycles. The average molecular weight is 368 g/mol. The highest BCUT2D eigenvalue weighted by Gasteiger charge is 2.39. The summed E-state index contributed by atoms with van der Waals surface area (Å²) in [4.78, 5) is 25.5. The average Bonchev–Trinajstić information content (AvgIpc) is 2.69. The second kappa shape index (κ2) is 8.12. The van der Waals surface area contributed by atoms with E-state index in [2.05, 4.69) is 5.32 Å². The van der Waals surface area contributed by atoms with Crippen LogP contribution in [0.5, 0.6) is 5.75 Å². The van der Waals surface area contributed by atoms with Crippen LogP contribution in [-0.2, 0) is 10.2 Å². The fourth-order valence-electron chi connectivity index (χ4n) is 3.73. The molecule has 2 aromatic carbocycles. The Bertz CT molecular complexity index is 799. The lowest BCUT2D eigenvalue weighted by Crippen LogP contribution is -2.46. The number of anilines is 1. The van der Waals surface area contributed by atoms with E-state index in [9.17, 15) is 14.7 Å². The van der Waals surface area contributed by atoms with Crippen molar-refractivity contribution in [3.8, 4) is 5.75 Å². The van der Waals surface area contributed by atoms with E-state index in [1.807, 2.05) is 42.5 Å². The van der Waals surface area contributed by atoms with Gasteiger partial charge in [-0.25, -0.2) is 4.79 Å². The zero-order valence-corrected chi connectivity index (χ0v) is 15.4. The van der Waals surface area contributed by atoms with Gasteiger partial charge >= 0.3 is 6.09 Å². The lowest BCUT2D eigenvalue weighted by molar-refractivity contribution is -0.117. The maximum absolute atomic E-state index is 12.8. The molecule has 1 heterocycles. The van der Waals surface area contributed by atoms with Crippen LogP contribution >= 0.6 is 0 Å². The number of amides is 2. The number of nitrogens with zero attached hydrogens (tertiary/aromatic N) is 1. The molecule has 1 aliphatic heterocycles. The molecule has 2 N–H and O–H groups in total. The maximum atomic E-state index is 12.8. The summed E-state index contributed by atoms with van der Waals surface area (Å²) in [6, 6.07) is 17.2. The third-order valence-electron chi connectivity index (χ3n) is 5.26. The first-order valence-corrected chi connectivity index (χ1v) is 9.00. The number of carbonyl (C=O) groups excluding carboxylic acids is 1. The molecule has 0 bridgehead atoms. The lowest BCUT2D eigenvalue weighted by atomic mass is 9.70. The predicted molar refractivity (Wildman–Crippen MR) is 103 cm³/mol. The predicted octanol–water partition coefficient (Wildman–Crippen LogP) is 3.74. The van der Waals surface area contributed by atoms with Crippen LogP contribution in [0.15, 0.2) is 54.6 Å². The number of carbonyl (C=O) groups is 2. The monoisotopic (exact) mass is 368 g/mol. The molecule has 0 radical (unpaired) electrons. The van der Waals surface area contributed by atoms with E-state index in [0.717, 1.165) is 5.56 Å². The molecule has 1 aliphatic rings. The summed E-state index contributed by atoms with van der Waals surface area (Å²) < 4.78 is 5.30.